The monoisotopic (exact) mass is 531 g/mol. The zero-order valence-electron chi connectivity index (χ0n) is 20.9. The summed E-state index contributed by atoms with van der Waals surface area (Å²) in [4.78, 5) is 28.6. The summed E-state index contributed by atoms with van der Waals surface area (Å²) in [6.45, 7) is 2.08. The fourth-order valence-corrected chi connectivity index (χ4v) is 5.84. The van der Waals surface area contributed by atoms with E-state index in [2.05, 4.69) is 15.3 Å². The number of pyridine rings is 2. The highest BCUT2D eigenvalue weighted by Gasteiger charge is 2.25. The van der Waals surface area contributed by atoms with Crippen molar-refractivity contribution in [3.05, 3.63) is 60.6 Å². The van der Waals surface area contributed by atoms with E-state index in [1.165, 1.54) is 11.3 Å². The van der Waals surface area contributed by atoms with Gasteiger partial charge in [-0.3, -0.25) is 14.8 Å². The van der Waals surface area contributed by atoms with E-state index >= 15 is 0 Å². The normalized spacial score (nSPS) is 19.9. The lowest BCUT2D eigenvalue weighted by atomic mass is 9.93. The lowest BCUT2D eigenvalue weighted by Crippen LogP contribution is -2.40. The Kier molecular flexibility index (Phi) is 7.17. The molecule has 38 heavy (non-hydrogen) atoms. The predicted molar refractivity (Wildman–Crippen MR) is 146 cm³/mol. The molecular weight excluding hydrogens is 502 g/mol. The number of hydrogen-bond donors (Lipinski definition) is 2. The molecule has 6 rings (SSSR count). The summed E-state index contributed by atoms with van der Waals surface area (Å²) < 4.78 is 12.7. The number of carbonyl (C=O) groups is 1. The maximum absolute atomic E-state index is 13.4. The fraction of sp³-hybridized carbons (Fsp3) is 0.357. The second-order valence-corrected chi connectivity index (χ2v) is 10.6. The zero-order chi connectivity index (χ0) is 25.9. The summed E-state index contributed by atoms with van der Waals surface area (Å²) in [5, 5.41) is 14.5. The zero-order valence-corrected chi connectivity index (χ0v) is 21.7. The number of ether oxygens (including phenoxy) is 2. The first-order valence-corrected chi connectivity index (χ1v) is 13.8. The van der Waals surface area contributed by atoms with Gasteiger partial charge in [-0.25, -0.2) is 4.98 Å². The van der Waals surface area contributed by atoms with E-state index in [0.29, 0.717) is 49.1 Å². The van der Waals surface area contributed by atoms with Crippen LogP contribution in [-0.2, 0) is 4.74 Å². The first-order chi connectivity index (χ1) is 18.6. The van der Waals surface area contributed by atoms with Crippen LogP contribution in [-0.4, -0.2) is 69.3 Å². The van der Waals surface area contributed by atoms with E-state index in [0.717, 1.165) is 46.6 Å². The highest BCUT2D eigenvalue weighted by Crippen LogP contribution is 2.35. The summed E-state index contributed by atoms with van der Waals surface area (Å²) in [5.74, 6) is 0.901. The molecule has 0 spiro atoms. The molecule has 1 saturated heterocycles. The SMILES string of the molecule is O=C(c1cnc(-c2cccnc2)cc1Oc1ccc2nc(N[C@@H]3CCCC[C@H]3O)sc2c1)N1CCOCC1. The number of aromatic nitrogens is 3. The van der Waals surface area contributed by atoms with Crippen LogP contribution in [0.5, 0.6) is 11.5 Å². The first-order valence-electron chi connectivity index (χ1n) is 12.9. The molecule has 1 aromatic carbocycles. The van der Waals surface area contributed by atoms with Gasteiger partial charge in [0.05, 0.1) is 41.3 Å². The molecule has 9 nitrogen and oxygen atoms in total. The van der Waals surface area contributed by atoms with Crippen LogP contribution in [0.4, 0.5) is 5.13 Å². The van der Waals surface area contributed by atoms with Gasteiger partial charge in [0.2, 0.25) is 0 Å². The number of rotatable bonds is 6. The van der Waals surface area contributed by atoms with Crippen molar-refractivity contribution >= 4 is 32.6 Å². The van der Waals surface area contributed by atoms with Crippen LogP contribution in [0.1, 0.15) is 36.0 Å². The van der Waals surface area contributed by atoms with Gasteiger partial charge in [-0.2, -0.15) is 0 Å². The van der Waals surface area contributed by atoms with Gasteiger partial charge in [0, 0.05) is 49.4 Å². The second-order valence-electron chi connectivity index (χ2n) is 9.57. The molecule has 196 valence electrons. The Morgan fingerprint density at radius 1 is 1.13 bits per heavy atom. The third-order valence-electron chi connectivity index (χ3n) is 6.98. The lowest BCUT2D eigenvalue weighted by Gasteiger charge is -2.27. The van der Waals surface area contributed by atoms with Gasteiger partial charge in [0.25, 0.3) is 5.91 Å². The number of aliphatic hydroxyl groups is 1. The molecule has 10 heteroatoms. The van der Waals surface area contributed by atoms with Gasteiger partial charge in [0.15, 0.2) is 5.13 Å². The number of nitrogens with one attached hydrogen (secondary N) is 1. The van der Waals surface area contributed by atoms with Crippen LogP contribution < -0.4 is 10.1 Å². The highest BCUT2D eigenvalue weighted by atomic mass is 32.1. The Morgan fingerprint density at radius 2 is 2.00 bits per heavy atom. The predicted octanol–water partition coefficient (Wildman–Crippen LogP) is 4.73. The summed E-state index contributed by atoms with van der Waals surface area (Å²) in [6.07, 6.45) is 8.60. The Labute approximate surface area is 224 Å². The lowest BCUT2D eigenvalue weighted by molar-refractivity contribution is 0.0301. The molecule has 4 aromatic rings. The van der Waals surface area contributed by atoms with Crippen molar-refractivity contribution in [1.82, 2.24) is 19.9 Å². The second kappa shape index (κ2) is 11.0. The van der Waals surface area contributed by atoms with Crippen LogP contribution in [0.3, 0.4) is 0 Å². The van der Waals surface area contributed by atoms with Gasteiger partial charge < -0.3 is 24.8 Å². The van der Waals surface area contributed by atoms with Crippen LogP contribution >= 0.6 is 11.3 Å². The standard InChI is InChI=1S/C28H29N5O4S/c34-24-6-2-1-5-21(24)31-28-32-22-8-7-19(14-26(22)38-28)37-25-15-23(18-4-3-9-29-16-18)30-17-20(25)27(35)33-10-12-36-13-11-33/h3-4,7-9,14-17,21,24,34H,1-2,5-6,10-13H2,(H,31,32)/t21-,24-/m1/s1. The number of carbonyl (C=O) groups excluding carboxylic acids is 1. The van der Waals surface area contributed by atoms with Crippen molar-refractivity contribution in [3.8, 4) is 22.8 Å². The van der Waals surface area contributed by atoms with Gasteiger partial charge in [0.1, 0.15) is 17.1 Å². The maximum atomic E-state index is 13.4. The van der Waals surface area contributed by atoms with E-state index in [1.54, 1.807) is 29.6 Å². The van der Waals surface area contributed by atoms with Crippen LogP contribution in [0.2, 0.25) is 0 Å². The molecule has 1 aliphatic carbocycles. The molecule has 2 aliphatic rings. The van der Waals surface area contributed by atoms with Gasteiger partial charge in [-0.15, -0.1) is 0 Å². The third kappa shape index (κ3) is 5.33. The molecule has 4 heterocycles. The van der Waals surface area contributed by atoms with Crippen molar-refractivity contribution in [2.75, 3.05) is 31.6 Å². The average molecular weight is 532 g/mol. The summed E-state index contributed by atoms with van der Waals surface area (Å²) in [6, 6.07) is 11.3. The number of fused-ring (bicyclic) bond motifs is 1. The number of anilines is 1. The molecule has 1 aliphatic heterocycles. The molecule has 2 atom stereocenters. The minimum absolute atomic E-state index is 0.0245. The van der Waals surface area contributed by atoms with Gasteiger partial charge in [-0.05, 0) is 37.1 Å². The molecule has 0 unspecified atom stereocenters. The number of benzene rings is 1. The molecule has 0 bridgehead atoms. The number of hydrogen-bond acceptors (Lipinski definition) is 9. The minimum atomic E-state index is -0.349. The number of amides is 1. The molecule has 2 fully saturated rings. The topological polar surface area (TPSA) is 110 Å². The van der Waals surface area contributed by atoms with Crippen molar-refractivity contribution in [2.24, 2.45) is 0 Å². The molecular formula is C28H29N5O4S. The Morgan fingerprint density at radius 3 is 2.82 bits per heavy atom. The van der Waals surface area contributed by atoms with Gasteiger partial charge in [-0.1, -0.05) is 24.2 Å². The minimum Gasteiger partial charge on any atom is -0.456 e. The third-order valence-corrected chi connectivity index (χ3v) is 7.93. The number of nitrogens with zero attached hydrogens (tertiary/aromatic N) is 4. The van der Waals surface area contributed by atoms with Crippen molar-refractivity contribution in [2.45, 2.75) is 37.8 Å². The van der Waals surface area contributed by atoms with E-state index in [4.69, 9.17) is 14.5 Å². The van der Waals surface area contributed by atoms with Gasteiger partial charge >= 0.3 is 0 Å². The average Bonchev–Trinajstić information content (AvgIpc) is 3.36. The van der Waals surface area contributed by atoms with E-state index in [-0.39, 0.29) is 18.1 Å². The van der Waals surface area contributed by atoms with Crippen LogP contribution in [0, 0.1) is 0 Å². The fourth-order valence-electron chi connectivity index (χ4n) is 4.89. The van der Waals surface area contributed by atoms with E-state index < -0.39 is 0 Å². The van der Waals surface area contributed by atoms with Crippen molar-refractivity contribution < 1.29 is 19.4 Å². The number of aliphatic hydroxyl groups excluding tert-OH is 1. The van der Waals surface area contributed by atoms with Crippen LogP contribution in [0.25, 0.3) is 21.5 Å². The Hall–Kier alpha value is -3.60. The Balaban J connectivity index is 1.29. The summed E-state index contributed by atoms with van der Waals surface area (Å²) in [5.41, 5.74) is 2.76. The molecule has 1 amide bonds. The summed E-state index contributed by atoms with van der Waals surface area (Å²) >= 11 is 1.53. The first kappa shape index (κ1) is 24.7. The van der Waals surface area contributed by atoms with Crippen molar-refractivity contribution in [3.63, 3.8) is 0 Å². The summed E-state index contributed by atoms with van der Waals surface area (Å²) in [7, 11) is 0. The van der Waals surface area contributed by atoms with Crippen LogP contribution in [0.15, 0.2) is 55.0 Å². The number of morpholine rings is 1. The Bertz CT molecular complexity index is 1420. The quantitative estimate of drug-likeness (QED) is 0.367. The van der Waals surface area contributed by atoms with E-state index in [1.807, 2.05) is 30.3 Å². The highest BCUT2D eigenvalue weighted by molar-refractivity contribution is 7.22. The molecule has 1 saturated carbocycles. The molecule has 3 aromatic heterocycles. The largest absolute Gasteiger partial charge is 0.456 e. The van der Waals surface area contributed by atoms with E-state index in [9.17, 15) is 9.90 Å². The smallest absolute Gasteiger partial charge is 0.259 e. The number of thiazole rings is 1. The molecule has 0 radical (unpaired) electrons. The maximum Gasteiger partial charge on any atom is 0.259 e. The molecule has 2 N–H and O–H groups in total. The van der Waals surface area contributed by atoms with Crippen molar-refractivity contribution in [1.29, 1.82) is 0 Å².